The molecule has 0 bridgehead atoms. The van der Waals surface area contributed by atoms with Crippen LogP contribution in [0.4, 0.5) is 0 Å². The number of methoxy groups -OCH3 is 1. The third-order valence-electron chi connectivity index (χ3n) is 1.53. The summed E-state index contributed by atoms with van der Waals surface area (Å²) in [7, 11) is 1.67. The zero-order valence-corrected chi connectivity index (χ0v) is 6.34. The zero-order valence-electron chi connectivity index (χ0n) is 6.34. The van der Waals surface area contributed by atoms with Gasteiger partial charge in [-0.25, -0.2) is 0 Å². The lowest BCUT2D eigenvalue weighted by atomic mass is 10.2. The van der Waals surface area contributed by atoms with Gasteiger partial charge in [0.05, 0.1) is 25.9 Å². The highest BCUT2D eigenvalue weighted by Gasteiger charge is 2.17. The molecule has 60 valence electrons. The van der Waals surface area contributed by atoms with Crippen LogP contribution < -0.4 is 0 Å². The van der Waals surface area contributed by atoms with E-state index >= 15 is 0 Å². The molecule has 0 amide bonds. The highest BCUT2D eigenvalue weighted by Crippen LogP contribution is 2.10. The highest BCUT2D eigenvalue weighted by atomic mass is 16.6. The Morgan fingerprint density at radius 2 is 2.30 bits per heavy atom. The van der Waals surface area contributed by atoms with E-state index in [1.165, 1.54) is 0 Å². The summed E-state index contributed by atoms with van der Waals surface area (Å²) in [4.78, 5) is 0. The summed E-state index contributed by atoms with van der Waals surface area (Å²) < 4.78 is 15.2. The first-order chi connectivity index (χ1) is 4.93. The summed E-state index contributed by atoms with van der Waals surface area (Å²) in [5.74, 6) is 0. The average molecular weight is 146 g/mol. The molecule has 0 aromatic rings. The molecule has 0 spiro atoms. The van der Waals surface area contributed by atoms with Gasteiger partial charge in [-0.15, -0.1) is 0 Å². The maximum atomic E-state index is 5.23. The standard InChI is InChI=1S/C7H14O3/c1-8-4-5-9-6-7-2-3-10-7/h7H,2-6H2,1H3. The summed E-state index contributed by atoms with van der Waals surface area (Å²) in [6.07, 6.45) is 1.50. The van der Waals surface area contributed by atoms with Crippen molar-refractivity contribution in [3.05, 3.63) is 0 Å². The Labute approximate surface area is 61.3 Å². The SMILES string of the molecule is COCCOCC1CCO1. The van der Waals surface area contributed by atoms with Crippen LogP contribution in [0.3, 0.4) is 0 Å². The van der Waals surface area contributed by atoms with Gasteiger partial charge in [0.15, 0.2) is 0 Å². The summed E-state index contributed by atoms with van der Waals surface area (Å²) in [5.41, 5.74) is 0. The molecule has 1 atom stereocenters. The number of ether oxygens (including phenoxy) is 3. The van der Waals surface area contributed by atoms with Gasteiger partial charge in [0, 0.05) is 13.7 Å². The molecule has 1 heterocycles. The van der Waals surface area contributed by atoms with E-state index in [0.29, 0.717) is 19.3 Å². The lowest BCUT2D eigenvalue weighted by Gasteiger charge is -2.25. The normalized spacial score (nSPS) is 24.3. The fourth-order valence-corrected chi connectivity index (χ4v) is 0.773. The van der Waals surface area contributed by atoms with Crippen LogP contribution >= 0.6 is 0 Å². The summed E-state index contributed by atoms with van der Waals surface area (Å²) >= 11 is 0. The second-order valence-corrected chi connectivity index (χ2v) is 2.35. The van der Waals surface area contributed by atoms with Crippen molar-refractivity contribution in [2.75, 3.05) is 33.5 Å². The molecule has 1 saturated heterocycles. The second-order valence-electron chi connectivity index (χ2n) is 2.35. The Kier molecular flexibility index (Phi) is 3.72. The van der Waals surface area contributed by atoms with Gasteiger partial charge in [-0.3, -0.25) is 0 Å². The van der Waals surface area contributed by atoms with Crippen LogP contribution in [0.15, 0.2) is 0 Å². The quantitative estimate of drug-likeness (QED) is 0.527. The zero-order chi connectivity index (χ0) is 7.23. The van der Waals surface area contributed by atoms with Crippen molar-refractivity contribution in [2.45, 2.75) is 12.5 Å². The fourth-order valence-electron chi connectivity index (χ4n) is 0.773. The van der Waals surface area contributed by atoms with E-state index in [4.69, 9.17) is 14.2 Å². The minimum atomic E-state index is 0.358. The van der Waals surface area contributed by atoms with E-state index in [-0.39, 0.29) is 0 Å². The van der Waals surface area contributed by atoms with Crippen molar-refractivity contribution in [1.82, 2.24) is 0 Å². The molecule has 0 aromatic carbocycles. The van der Waals surface area contributed by atoms with Gasteiger partial charge in [0.1, 0.15) is 0 Å². The molecule has 0 saturated carbocycles. The van der Waals surface area contributed by atoms with Crippen molar-refractivity contribution >= 4 is 0 Å². The van der Waals surface area contributed by atoms with Gasteiger partial charge in [0.25, 0.3) is 0 Å². The Morgan fingerprint density at radius 1 is 1.50 bits per heavy atom. The monoisotopic (exact) mass is 146 g/mol. The third kappa shape index (κ3) is 2.64. The van der Waals surface area contributed by atoms with E-state index in [0.717, 1.165) is 19.6 Å². The number of hydrogen-bond donors (Lipinski definition) is 0. The van der Waals surface area contributed by atoms with Crippen LogP contribution in [-0.4, -0.2) is 39.6 Å². The molecule has 3 heteroatoms. The van der Waals surface area contributed by atoms with E-state index in [2.05, 4.69) is 0 Å². The summed E-state index contributed by atoms with van der Waals surface area (Å²) in [6.45, 7) is 2.98. The van der Waals surface area contributed by atoms with Crippen molar-refractivity contribution in [3.63, 3.8) is 0 Å². The van der Waals surface area contributed by atoms with Gasteiger partial charge in [0.2, 0.25) is 0 Å². The average Bonchev–Trinajstić information content (AvgIpc) is 1.84. The molecule has 0 radical (unpaired) electrons. The van der Waals surface area contributed by atoms with Gasteiger partial charge in [-0.1, -0.05) is 0 Å². The van der Waals surface area contributed by atoms with Crippen LogP contribution in [0.25, 0.3) is 0 Å². The van der Waals surface area contributed by atoms with Crippen LogP contribution in [0.5, 0.6) is 0 Å². The minimum Gasteiger partial charge on any atom is -0.382 e. The van der Waals surface area contributed by atoms with Crippen LogP contribution in [-0.2, 0) is 14.2 Å². The van der Waals surface area contributed by atoms with E-state index < -0.39 is 0 Å². The van der Waals surface area contributed by atoms with E-state index in [1.807, 2.05) is 0 Å². The molecule has 10 heavy (non-hydrogen) atoms. The largest absolute Gasteiger partial charge is 0.382 e. The van der Waals surface area contributed by atoms with Crippen molar-refractivity contribution in [1.29, 1.82) is 0 Å². The Bertz CT molecular complexity index is 80.9. The molecular weight excluding hydrogens is 132 g/mol. The van der Waals surface area contributed by atoms with Crippen molar-refractivity contribution in [2.24, 2.45) is 0 Å². The molecule has 1 unspecified atom stereocenters. The van der Waals surface area contributed by atoms with Crippen LogP contribution in [0.1, 0.15) is 6.42 Å². The fraction of sp³-hybridized carbons (Fsp3) is 1.00. The van der Waals surface area contributed by atoms with E-state index in [1.54, 1.807) is 7.11 Å². The van der Waals surface area contributed by atoms with Gasteiger partial charge < -0.3 is 14.2 Å². The Hall–Kier alpha value is -0.120. The lowest BCUT2D eigenvalue weighted by molar-refractivity contribution is -0.0974. The Morgan fingerprint density at radius 3 is 2.80 bits per heavy atom. The second kappa shape index (κ2) is 4.66. The summed E-state index contributed by atoms with van der Waals surface area (Å²) in [5, 5.41) is 0. The van der Waals surface area contributed by atoms with Crippen LogP contribution in [0.2, 0.25) is 0 Å². The van der Waals surface area contributed by atoms with Crippen molar-refractivity contribution < 1.29 is 14.2 Å². The summed E-state index contributed by atoms with van der Waals surface area (Å²) in [6, 6.07) is 0. The third-order valence-corrected chi connectivity index (χ3v) is 1.53. The predicted octanol–water partition coefficient (Wildman–Crippen LogP) is 0.438. The van der Waals surface area contributed by atoms with Crippen molar-refractivity contribution in [3.8, 4) is 0 Å². The first-order valence-electron chi connectivity index (χ1n) is 3.62. The molecule has 0 N–H and O–H groups in total. The molecule has 0 aromatic heterocycles. The van der Waals surface area contributed by atoms with Gasteiger partial charge in [-0.05, 0) is 6.42 Å². The molecular formula is C7H14O3. The smallest absolute Gasteiger partial charge is 0.0830 e. The molecule has 1 aliphatic rings. The maximum absolute atomic E-state index is 5.23. The highest BCUT2D eigenvalue weighted by molar-refractivity contribution is 4.64. The molecule has 0 aliphatic carbocycles. The molecule has 3 nitrogen and oxygen atoms in total. The van der Waals surface area contributed by atoms with Gasteiger partial charge in [-0.2, -0.15) is 0 Å². The van der Waals surface area contributed by atoms with Gasteiger partial charge >= 0.3 is 0 Å². The first-order valence-corrected chi connectivity index (χ1v) is 3.62. The molecule has 1 fully saturated rings. The molecule has 1 rings (SSSR count). The Balaban J connectivity index is 1.76. The first kappa shape index (κ1) is 7.98. The number of hydrogen-bond acceptors (Lipinski definition) is 3. The maximum Gasteiger partial charge on any atom is 0.0830 e. The lowest BCUT2D eigenvalue weighted by Crippen LogP contribution is -2.31. The van der Waals surface area contributed by atoms with E-state index in [9.17, 15) is 0 Å². The minimum absolute atomic E-state index is 0.358. The van der Waals surface area contributed by atoms with Crippen LogP contribution in [0, 0.1) is 0 Å². The molecule has 1 aliphatic heterocycles. The topological polar surface area (TPSA) is 27.7 Å². The number of rotatable bonds is 5. The predicted molar refractivity (Wildman–Crippen MR) is 37.1 cm³/mol.